The molecule has 5 nitrogen and oxygen atoms in total. The number of methoxy groups -OCH3 is 2. The van der Waals surface area contributed by atoms with Crippen molar-refractivity contribution in [1.82, 2.24) is 4.98 Å². The van der Waals surface area contributed by atoms with Crippen molar-refractivity contribution in [3.63, 3.8) is 0 Å². The molecule has 0 aliphatic heterocycles. The molecular formula is C17H14FNO4. The van der Waals surface area contributed by atoms with E-state index in [-0.39, 0.29) is 11.1 Å². The summed E-state index contributed by atoms with van der Waals surface area (Å²) in [6, 6.07) is 8.58. The minimum absolute atomic E-state index is 0.217. The molecule has 118 valence electrons. The summed E-state index contributed by atoms with van der Waals surface area (Å²) < 4.78 is 23.4. The smallest absolute Gasteiger partial charge is 0.231 e. The third-order valence-corrected chi connectivity index (χ3v) is 3.61. The Hall–Kier alpha value is -3.02. The van der Waals surface area contributed by atoms with Gasteiger partial charge >= 0.3 is 0 Å². The molecule has 1 aromatic heterocycles. The average molecular weight is 315 g/mol. The topological polar surface area (TPSA) is 71.5 Å². The summed E-state index contributed by atoms with van der Waals surface area (Å²) in [6.45, 7) is 0. The number of rotatable bonds is 3. The zero-order valence-corrected chi connectivity index (χ0v) is 12.5. The van der Waals surface area contributed by atoms with Crippen molar-refractivity contribution < 1.29 is 19.0 Å². The quantitative estimate of drug-likeness (QED) is 0.779. The summed E-state index contributed by atoms with van der Waals surface area (Å²) in [4.78, 5) is 15.4. The van der Waals surface area contributed by atoms with Crippen LogP contribution in [0, 0.1) is 5.82 Å². The summed E-state index contributed by atoms with van der Waals surface area (Å²) >= 11 is 0. The predicted molar refractivity (Wildman–Crippen MR) is 84.7 cm³/mol. The fourth-order valence-corrected chi connectivity index (χ4v) is 2.43. The van der Waals surface area contributed by atoms with Crippen molar-refractivity contribution in [2.45, 2.75) is 0 Å². The third kappa shape index (κ3) is 2.48. The van der Waals surface area contributed by atoms with E-state index >= 15 is 0 Å². The van der Waals surface area contributed by atoms with E-state index < -0.39 is 17.0 Å². The number of aromatic nitrogens is 1. The van der Waals surface area contributed by atoms with Gasteiger partial charge in [-0.3, -0.25) is 4.79 Å². The van der Waals surface area contributed by atoms with Crippen LogP contribution < -0.4 is 14.9 Å². The first-order chi connectivity index (χ1) is 11.0. The highest BCUT2D eigenvalue weighted by molar-refractivity contribution is 5.87. The summed E-state index contributed by atoms with van der Waals surface area (Å²) in [7, 11) is 2.95. The lowest BCUT2D eigenvalue weighted by atomic mass is 10.1. The van der Waals surface area contributed by atoms with Crippen molar-refractivity contribution in [2.24, 2.45) is 0 Å². The van der Waals surface area contributed by atoms with Crippen LogP contribution in [-0.2, 0) is 0 Å². The maximum atomic E-state index is 13.1. The zero-order valence-electron chi connectivity index (χ0n) is 12.5. The summed E-state index contributed by atoms with van der Waals surface area (Å²) in [6.07, 6.45) is 0. The Kier molecular flexibility index (Phi) is 3.65. The first-order valence-electron chi connectivity index (χ1n) is 6.82. The molecule has 0 radical (unpaired) electrons. The highest BCUT2D eigenvalue weighted by Crippen LogP contribution is 2.33. The number of ether oxygens (including phenoxy) is 2. The summed E-state index contributed by atoms with van der Waals surface area (Å²) in [5, 5.41) is 10.5. The number of fused-ring (bicyclic) bond motifs is 1. The molecule has 0 aliphatic rings. The van der Waals surface area contributed by atoms with Gasteiger partial charge in [0.1, 0.15) is 5.82 Å². The van der Waals surface area contributed by atoms with E-state index in [0.29, 0.717) is 22.6 Å². The van der Waals surface area contributed by atoms with Gasteiger partial charge in [-0.15, -0.1) is 0 Å². The Morgan fingerprint density at radius 3 is 2.26 bits per heavy atom. The van der Waals surface area contributed by atoms with E-state index in [2.05, 4.69) is 4.98 Å². The van der Waals surface area contributed by atoms with Crippen LogP contribution in [0.15, 0.2) is 41.2 Å². The third-order valence-electron chi connectivity index (χ3n) is 3.61. The maximum absolute atomic E-state index is 13.1. The molecule has 6 heteroatoms. The van der Waals surface area contributed by atoms with Gasteiger partial charge in [0.25, 0.3) is 0 Å². The number of aromatic hydroxyl groups is 1. The number of nitrogens with one attached hydrogen (secondary N) is 1. The van der Waals surface area contributed by atoms with Gasteiger partial charge in [0.2, 0.25) is 5.43 Å². The molecule has 3 rings (SSSR count). The van der Waals surface area contributed by atoms with Crippen LogP contribution >= 0.6 is 0 Å². The second-order valence-corrected chi connectivity index (χ2v) is 4.94. The minimum atomic E-state index is -0.543. The Labute approximate surface area is 130 Å². The molecule has 0 amide bonds. The van der Waals surface area contributed by atoms with Gasteiger partial charge in [-0.05, 0) is 30.3 Å². The van der Waals surface area contributed by atoms with Crippen molar-refractivity contribution >= 4 is 10.9 Å². The lowest BCUT2D eigenvalue weighted by molar-refractivity contribution is 0.355. The van der Waals surface area contributed by atoms with E-state index in [1.54, 1.807) is 6.07 Å². The van der Waals surface area contributed by atoms with E-state index in [1.807, 2.05) is 0 Å². The van der Waals surface area contributed by atoms with Crippen LogP contribution in [0.4, 0.5) is 4.39 Å². The number of halogens is 1. The molecule has 23 heavy (non-hydrogen) atoms. The van der Waals surface area contributed by atoms with Gasteiger partial charge in [-0.25, -0.2) is 4.39 Å². The van der Waals surface area contributed by atoms with Gasteiger partial charge in [-0.1, -0.05) is 0 Å². The normalized spacial score (nSPS) is 10.7. The highest BCUT2D eigenvalue weighted by Gasteiger charge is 2.15. The molecule has 2 N–H and O–H groups in total. The van der Waals surface area contributed by atoms with Crippen molar-refractivity contribution in [2.75, 3.05) is 14.2 Å². The second-order valence-electron chi connectivity index (χ2n) is 4.94. The predicted octanol–water partition coefficient (Wildman–Crippen LogP) is 3.06. The van der Waals surface area contributed by atoms with Crippen LogP contribution in [0.3, 0.4) is 0 Å². The lowest BCUT2D eigenvalue weighted by Crippen LogP contribution is -2.06. The van der Waals surface area contributed by atoms with Crippen LogP contribution in [0.1, 0.15) is 0 Å². The van der Waals surface area contributed by atoms with Gasteiger partial charge < -0.3 is 19.6 Å². The first kappa shape index (κ1) is 14.9. The van der Waals surface area contributed by atoms with Crippen LogP contribution in [0.2, 0.25) is 0 Å². The minimum Gasteiger partial charge on any atom is -0.503 e. The van der Waals surface area contributed by atoms with Gasteiger partial charge in [0, 0.05) is 11.6 Å². The molecule has 0 aliphatic carbocycles. The molecule has 3 aromatic rings. The van der Waals surface area contributed by atoms with E-state index in [0.717, 1.165) is 0 Å². The summed E-state index contributed by atoms with van der Waals surface area (Å²) in [5.41, 5.74) is 0.649. The monoisotopic (exact) mass is 315 g/mol. The van der Waals surface area contributed by atoms with Crippen molar-refractivity contribution in [1.29, 1.82) is 0 Å². The largest absolute Gasteiger partial charge is 0.503 e. The molecule has 0 unspecified atom stereocenters. The van der Waals surface area contributed by atoms with Crippen molar-refractivity contribution in [3.8, 4) is 28.5 Å². The Morgan fingerprint density at radius 2 is 1.65 bits per heavy atom. The van der Waals surface area contributed by atoms with E-state index in [1.165, 1.54) is 44.6 Å². The standard InChI is InChI=1S/C17H14FNO4/c1-22-13-7-11-12(8-14(13)23-2)19-15(17(21)16(11)20)9-3-5-10(18)6-4-9/h3-8,21H,1-2H3,(H,19,20). The molecule has 0 atom stereocenters. The maximum Gasteiger partial charge on any atom is 0.231 e. The fourth-order valence-electron chi connectivity index (χ4n) is 2.43. The highest BCUT2D eigenvalue weighted by atomic mass is 19.1. The molecule has 2 aromatic carbocycles. The van der Waals surface area contributed by atoms with Crippen LogP contribution in [-0.4, -0.2) is 24.3 Å². The van der Waals surface area contributed by atoms with Gasteiger partial charge in [-0.2, -0.15) is 0 Å². The Bertz CT molecular complexity index is 932. The molecular weight excluding hydrogens is 301 g/mol. The lowest BCUT2D eigenvalue weighted by Gasteiger charge is -2.11. The molecule has 1 heterocycles. The number of aromatic amines is 1. The van der Waals surface area contributed by atoms with E-state index in [4.69, 9.17) is 9.47 Å². The second kappa shape index (κ2) is 5.64. The number of hydrogen-bond acceptors (Lipinski definition) is 4. The molecule has 0 fully saturated rings. The number of H-pyrrole nitrogens is 1. The molecule has 0 saturated carbocycles. The van der Waals surface area contributed by atoms with Crippen LogP contribution in [0.25, 0.3) is 22.2 Å². The SMILES string of the molecule is COc1cc2[nH]c(-c3ccc(F)cc3)c(O)c(=O)c2cc1OC. The first-order valence-corrected chi connectivity index (χ1v) is 6.82. The average Bonchev–Trinajstić information content (AvgIpc) is 2.58. The molecule has 0 bridgehead atoms. The number of hydrogen-bond donors (Lipinski definition) is 2. The summed E-state index contributed by atoms with van der Waals surface area (Å²) in [5.74, 6) is 0.00457. The van der Waals surface area contributed by atoms with E-state index in [9.17, 15) is 14.3 Å². The van der Waals surface area contributed by atoms with Crippen LogP contribution in [0.5, 0.6) is 17.2 Å². The van der Waals surface area contributed by atoms with Gasteiger partial charge in [0.05, 0.1) is 30.8 Å². The van der Waals surface area contributed by atoms with Gasteiger partial charge in [0.15, 0.2) is 17.2 Å². The Balaban J connectivity index is 2.31. The zero-order chi connectivity index (χ0) is 16.6. The molecule has 0 spiro atoms. The number of benzene rings is 2. The number of pyridine rings is 1. The fraction of sp³-hybridized carbons (Fsp3) is 0.118. The Morgan fingerprint density at radius 1 is 1.04 bits per heavy atom. The molecule has 0 saturated heterocycles. The van der Waals surface area contributed by atoms with Crippen molar-refractivity contribution in [3.05, 3.63) is 52.4 Å².